The Kier molecular flexibility index (Phi) is 3.21. The second kappa shape index (κ2) is 4.20. The van der Waals surface area contributed by atoms with E-state index in [0.717, 1.165) is 17.6 Å². The number of hydrogen-bond donors (Lipinski definition) is 0. The lowest BCUT2D eigenvalue weighted by Crippen LogP contribution is -2.09. The molecule has 0 aliphatic rings. The number of hydrogen-bond acceptors (Lipinski definition) is 1. The number of ether oxygens (including phenoxy) is 1. The van der Waals surface area contributed by atoms with Crippen molar-refractivity contribution in [2.75, 3.05) is 6.61 Å². The zero-order valence-electron chi connectivity index (χ0n) is 7.63. The third kappa shape index (κ3) is 2.03. The average molecular weight is 160 g/mol. The molecule has 2 radical (unpaired) electrons. The summed E-state index contributed by atoms with van der Waals surface area (Å²) in [7, 11) is 5.76. The van der Waals surface area contributed by atoms with Gasteiger partial charge in [-0.2, -0.15) is 0 Å². The van der Waals surface area contributed by atoms with Gasteiger partial charge in [0.15, 0.2) is 0 Å². The van der Waals surface area contributed by atoms with Crippen molar-refractivity contribution in [2.45, 2.75) is 20.3 Å². The van der Waals surface area contributed by atoms with E-state index in [9.17, 15) is 0 Å². The quantitative estimate of drug-likeness (QED) is 0.608. The maximum atomic E-state index is 5.76. The number of rotatable bonds is 3. The maximum absolute atomic E-state index is 5.76. The van der Waals surface area contributed by atoms with Gasteiger partial charge in [-0.3, -0.25) is 0 Å². The van der Waals surface area contributed by atoms with Crippen molar-refractivity contribution >= 4 is 13.3 Å². The summed E-state index contributed by atoms with van der Waals surface area (Å²) >= 11 is 0. The molecule has 0 bridgehead atoms. The van der Waals surface area contributed by atoms with Gasteiger partial charge in [-0.1, -0.05) is 24.5 Å². The van der Waals surface area contributed by atoms with Crippen LogP contribution in [0.25, 0.3) is 0 Å². The van der Waals surface area contributed by atoms with Gasteiger partial charge in [0, 0.05) is 0 Å². The summed E-state index contributed by atoms with van der Waals surface area (Å²) in [6.45, 7) is 4.72. The van der Waals surface area contributed by atoms with Crippen molar-refractivity contribution < 1.29 is 4.74 Å². The van der Waals surface area contributed by atoms with Crippen LogP contribution in [0.3, 0.4) is 0 Å². The van der Waals surface area contributed by atoms with Crippen molar-refractivity contribution in [3.8, 4) is 5.75 Å². The van der Waals surface area contributed by atoms with Gasteiger partial charge >= 0.3 is 0 Å². The molecule has 0 heterocycles. The molecule has 0 aliphatic carbocycles. The van der Waals surface area contributed by atoms with Crippen LogP contribution in [0, 0.1) is 0 Å². The van der Waals surface area contributed by atoms with E-state index in [4.69, 9.17) is 12.6 Å². The minimum atomic E-state index is 0.662. The summed E-state index contributed by atoms with van der Waals surface area (Å²) in [4.78, 5) is 0. The van der Waals surface area contributed by atoms with Gasteiger partial charge in [0.2, 0.25) is 0 Å². The molecular weight excluding hydrogens is 147 g/mol. The molecule has 0 atom stereocenters. The smallest absolute Gasteiger partial charge is 0.119 e. The zero-order chi connectivity index (χ0) is 8.97. The fourth-order valence-electron chi connectivity index (χ4n) is 1.10. The van der Waals surface area contributed by atoms with Crippen LogP contribution in [0.5, 0.6) is 5.75 Å². The van der Waals surface area contributed by atoms with Gasteiger partial charge in [0.25, 0.3) is 0 Å². The lowest BCUT2D eigenvalue weighted by Gasteiger charge is -2.08. The Morgan fingerprint density at radius 1 is 1.33 bits per heavy atom. The van der Waals surface area contributed by atoms with E-state index in [1.165, 1.54) is 5.56 Å². The molecule has 1 aromatic rings. The van der Waals surface area contributed by atoms with E-state index in [-0.39, 0.29) is 0 Å². The van der Waals surface area contributed by atoms with Crippen molar-refractivity contribution in [3.63, 3.8) is 0 Å². The monoisotopic (exact) mass is 160 g/mol. The predicted molar refractivity (Wildman–Crippen MR) is 52.4 cm³/mol. The molecule has 0 saturated heterocycles. The number of benzene rings is 1. The number of aryl methyl sites for hydroxylation is 1. The van der Waals surface area contributed by atoms with Crippen LogP contribution < -0.4 is 10.2 Å². The highest BCUT2D eigenvalue weighted by atomic mass is 16.5. The molecule has 1 aromatic carbocycles. The minimum absolute atomic E-state index is 0.662. The zero-order valence-corrected chi connectivity index (χ0v) is 7.63. The van der Waals surface area contributed by atoms with Gasteiger partial charge in [0.05, 0.1) is 6.61 Å². The normalized spacial score (nSPS) is 9.83. The van der Waals surface area contributed by atoms with E-state index >= 15 is 0 Å². The summed E-state index contributed by atoms with van der Waals surface area (Å²) in [5, 5.41) is 0. The second-order valence-electron chi connectivity index (χ2n) is 2.66. The summed E-state index contributed by atoms with van der Waals surface area (Å²) < 4.78 is 5.31. The fraction of sp³-hybridized carbons (Fsp3) is 0.400. The van der Waals surface area contributed by atoms with Gasteiger partial charge in [-0.15, -0.1) is 0 Å². The van der Waals surface area contributed by atoms with Gasteiger partial charge < -0.3 is 4.74 Å². The van der Waals surface area contributed by atoms with Gasteiger partial charge in [-0.05, 0) is 25.0 Å². The van der Waals surface area contributed by atoms with Crippen LogP contribution in [-0.4, -0.2) is 14.5 Å². The Morgan fingerprint density at radius 2 is 2.08 bits per heavy atom. The molecule has 0 saturated carbocycles. The average Bonchev–Trinajstić information content (AvgIpc) is 2.09. The molecule has 62 valence electrons. The summed E-state index contributed by atoms with van der Waals surface area (Å²) in [5.41, 5.74) is 1.98. The minimum Gasteiger partial charge on any atom is -0.495 e. The van der Waals surface area contributed by atoms with Crippen LogP contribution in [0.4, 0.5) is 0 Å². The topological polar surface area (TPSA) is 9.23 Å². The van der Waals surface area contributed by atoms with Crippen LogP contribution >= 0.6 is 0 Å². The van der Waals surface area contributed by atoms with E-state index in [0.29, 0.717) is 6.61 Å². The van der Waals surface area contributed by atoms with Crippen molar-refractivity contribution in [1.29, 1.82) is 0 Å². The highest BCUT2D eigenvalue weighted by Crippen LogP contribution is 2.08. The second-order valence-corrected chi connectivity index (χ2v) is 2.66. The van der Waals surface area contributed by atoms with Crippen molar-refractivity contribution in [2.24, 2.45) is 0 Å². The Labute approximate surface area is 75.2 Å². The van der Waals surface area contributed by atoms with E-state index in [1.807, 2.05) is 25.1 Å². The van der Waals surface area contributed by atoms with Crippen LogP contribution in [0.2, 0.25) is 0 Å². The van der Waals surface area contributed by atoms with E-state index in [2.05, 4.69) is 6.92 Å². The SMILES string of the molecule is [B]c1cc(CC)ccc1OCC. The molecule has 0 amide bonds. The molecule has 0 spiro atoms. The first kappa shape index (κ1) is 9.18. The van der Waals surface area contributed by atoms with Gasteiger partial charge in [-0.25, -0.2) is 0 Å². The van der Waals surface area contributed by atoms with E-state index < -0.39 is 0 Å². The largest absolute Gasteiger partial charge is 0.495 e. The lowest BCUT2D eigenvalue weighted by molar-refractivity contribution is 0.343. The molecular formula is C10H13BO. The highest BCUT2D eigenvalue weighted by Gasteiger charge is 1.97. The Bertz CT molecular complexity index is 258. The van der Waals surface area contributed by atoms with Crippen molar-refractivity contribution in [3.05, 3.63) is 23.8 Å². The molecule has 0 aliphatic heterocycles. The molecule has 0 unspecified atom stereocenters. The first-order chi connectivity index (χ1) is 5.77. The van der Waals surface area contributed by atoms with Crippen molar-refractivity contribution in [1.82, 2.24) is 0 Å². The summed E-state index contributed by atoms with van der Waals surface area (Å²) in [6, 6.07) is 5.93. The Hall–Kier alpha value is -0.915. The molecule has 1 rings (SSSR count). The van der Waals surface area contributed by atoms with Crippen LogP contribution in [0.1, 0.15) is 19.4 Å². The highest BCUT2D eigenvalue weighted by molar-refractivity contribution is 6.34. The Balaban J connectivity index is 2.87. The van der Waals surface area contributed by atoms with Crippen LogP contribution in [-0.2, 0) is 6.42 Å². The summed E-state index contributed by atoms with van der Waals surface area (Å²) in [5.74, 6) is 0.787. The predicted octanol–water partition coefficient (Wildman–Crippen LogP) is 1.44. The lowest BCUT2D eigenvalue weighted by atomic mass is 9.92. The van der Waals surface area contributed by atoms with Crippen LogP contribution in [0.15, 0.2) is 18.2 Å². The standard InChI is InChI=1S/C10H13BO/c1-3-8-5-6-10(12-4-2)9(11)7-8/h5-7H,3-4H2,1-2H3. The fourth-order valence-corrected chi connectivity index (χ4v) is 1.10. The summed E-state index contributed by atoms with van der Waals surface area (Å²) in [6.07, 6.45) is 1.01. The molecule has 0 aromatic heterocycles. The van der Waals surface area contributed by atoms with E-state index in [1.54, 1.807) is 0 Å². The Morgan fingerprint density at radius 3 is 2.58 bits per heavy atom. The molecule has 1 nitrogen and oxygen atoms in total. The first-order valence-corrected chi connectivity index (χ1v) is 4.29. The molecule has 0 fully saturated rings. The third-order valence-corrected chi connectivity index (χ3v) is 1.78. The maximum Gasteiger partial charge on any atom is 0.119 e. The van der Waals surface area contributed by atoms with Gasteiger partial charge in [0.1, 0.15) is 13.6 Å². The third-order valence-electron chi connectivity index (χ3n) is 1.78. The molecule has 0 N–H and O–H groups in total. The molecule has 2 heteroatoms. The first-order valence-electron chi connectivity index (χ1n) is 4.29. The molecule has 12 heavy (non-hydrogen) atoms.